The van der Waals surface area contributed by atoms with E-state index in [1.165, 1.54) is 7.11 Å². The molecule has 5 nitrogen and oxygen atoms in total. The molecular weight excluding hydrogens is 338 g/mol. The molecule has 0 amide bonds. The first kappa shape index (κ1) is 15.3. The van der Waals surface area contributed by atoms with Gasteiger partial charge in [-0.25, -0.2) is 9.78 Å². The molecule has 0 N–H and O–H groups in total. The molecule has 1 aromatic heterocycles. The molecule has 0 radical (unpaired) electrons. The maximum Gasteiger partial charge on any atom is 0.356 e. The lowest BCUT2D eigenvalue weighted by molar-refractivity contribution is 0.0592. The summed E-state index contributed by atoms with van der Waals surface area (Å²) in [5.41, 5.74) is 1.17. The summed E-state index contributed by atoms with van der Waals surface area (Å²) in [6.07, 6.45) is 0. The van der Waals surface area contributed by atoms with Crippen molar-refractivity contribution in [2.24, 2.45) is 0 Å². The van der Waals surface area contributed by atoms with Gasteiger partial charge in [0.25, 0.3) is 0 Å². The summed E-state index contributed by atoms with van der Waals surface area (Å²) in [5.74, 6) is 0.622. The number of halogens is 1. The summed E-state index contributed by atoms with van der Waals surface area (Å²) >= 11 is 3.34. The van der Waals surface area contributed by atoms with Crippen molar-refractivity contribution in [2.45, 2.75) is 6.61 Å². The van der Waals surface area contributed by atoms with E-state index in [4.69, 9.17) is 9.47 Å². The van der Waals surface area contributed by atoms with Gasteiger partial charge < -0.3 is 14.2 Å². The van der Waals surface area contributed by atoms with Crippen LogP contribution in [0.25, 0.3) is 0 Å². The molecule has 0 aliphatic carbocycles. The molecule has 2 rings (SSSR count). The highest BCUT2D eigenvalue weighted by Crippen LogP contribution is 2.24. The van der Waals surface area contributed by atoms with Crippen molar-refractivity contribution in [2.75, 3.05) is 14.2 Å². The maximum atomic E-state index is 11.5. The van der Waals surface area contributed by atoms with Crippen LogP contribution in [-0.4, -0.2) is 25.2 Å². The second-order valence-electron chi connectivity index (χ2n) is 4.11. The normalized spacial score (nSPS) is 10.0. The van der Waals surface area contributed by atoms with E-state index in [0.29, 0.717) is 17.0 Å². The van der Waals surface area contributed by atoms with E-state index in [0.717, 1.165) is 11.3 Å². The molecule has 0 fully saturated rings. The number of ether oxygens (including phenoxy) is 3. The molecule has 0 aliphatic rings. The lowest BCUT2D eigenvalue weighted by Gasteiger charge is -2.09. The average Bonchev–Trinajstić information content (AvgIpc) is 2.53. The van der Waals surface area contributed by atoms with E-state index < -0.39 is 5.97 Å². The van der Waals surface area contributed by atoms with Crippen molar-refractivity contribution in [3.05, 3.63) is 52.1 Å². The summed E-state index contributed by atoms with van der Waals surface area (Å²) in [5, 5.41) is 0. The minimum absolute atomic E-state index is 0.199. The maximum absolute atomic E-state index is 11.5. The van der Waals surface area contributed by atoms with Gasteiger partial charge in [0.1, 0.15) is 12.4 Å². The Labute approximate surface area is 131 Å². The molecule has 0 spiro atoms. The first-order valence-corrected chi connectivity index (χ1v) is 6.94. The standard InChI is InChI=1S/C15H14BrNO4/c1-19-11-5-3-10(4-6-11)9-21-14-12(16)7-8-13(17-14)15(18)20-2/h3-8H,9H2,1-2H3. The summed E-state index contributed by atoms with van der Waals surface area (Å²) < 4.78 is 16.0. The molecule has 110 valence electrons. The number of hydrogen-bond donors (Lipinski definition) is 0. The molecule has 1 aromatic carbocycles. The summed E-state index contributed by atoms with van der Waals surface area (Å²) in [7, 11) is 2.93. The predicted octanol–water partition coefficient (Wildman–Crippen LogP) is 3.22. The van der Waals surface area contributed by atoms with Gasteiger partial charge in [-0.1, -0.05) is 12.1 Å². The number of esters is 1. The topological polar surface area (TPSA) is 57.7 Å². The molecule has 1 heterocycles. The van der Waals surface area contributed by atoms with Crippen molar-refractivity contribution in [3.8, 4) is 11.6 Å². The van der Waals surface area contributed by atoms with E-state index in [2.05, 4.69) is 25.7 Å². The quantitative estimate of drug-likeness (QED) is 0.774. The fourth-order valence-electron chi connectivity index (χ4n) is 1.62. The van der Waals surface area contributed by atoms with Crippen LogP contribution < -0.4 is 9.47 Å². The van der Waals surface area contributed by atoms with Gasteiger partial charge in [0.15, 0.2) is 5.69 Å². The van der Waals surface area contributed by atoms with Crippen molar-refractivity contribution in [3.63, 3.8) is 0 Å². The van der Waals surface area contributed by atoms with Crippen LogP contribution in [-0.2, 0) is 11.3 Å². The predicted molar refractivity (Wildman–Crippen MR) is 80.6 cm³/mol. The van der Waals surface area contributed by atoms with Crippen molar-refractivity contribution >= 4 is 21.9 Å². The van der Waals surface area contributed by atoms with Crippen LogP contribution in [0.5, 0.6) is 11.6 Å². The Morgan fingerprint density at radius 2 is 1.86 bits per heavy atom. The summed E-state index contributed by atoms with van der Waals surface area (Å²) in [6, 6.07) is 10.8. The first-order chi connectivity index (χ1) is 10.1. The highest BCUT2D eigenvalue weighted by Gasteiger charge is 2.11. The number of methoxy groups -OCH3 is 2. The van der Waals surface area contributed by atoms with Gasteiger partial charge in [0, 0.05) is 0 Å². The smallest absolute Gasteiger partial charge is 0.356 e. The molecule has 0 unspecified atom stereocenters. The Morgan fingerprint density at radius 1 is 1.14 bits per heavy atom. The van der Waals surface area contributed by atoms with Gasteiger partial charge in [0.05, 0.1) is 18.7 Å². The van der Waals surface area contributed by atoms with Gasteiger partial charge in [-0.05, 0) is 45.8 Å². The Balaban J connectivity index is 2.09. The lowest BCUT2D eigenvalue weighted by Crippen LogP contribution is -2.06. The van der Waals surface area contributed by atoms with Crippen LogP contribution in [0.4, 0.5) is 0 Å². The number of aromatic nitrogens is 1. The Kier molecular flexibility index (Phi) is 5.16. The summed E-state index contributed by atoms with van der Waals surface area (Å²) in [6.45, 7) is 0.334. The number of carbonyl (C=O) groups excluding carboxylic acids is 1. The van der Waals surface area contributed by atoms with Crippen LogP contribution >= 0.6 is 15.9 Å². The molecule has 2 aromatic rings. The van der Waals surface area contributed by atoms with Gasteiger partial charge in [-0.2, -0.15) is 0 Å². The Bertz CT molecular complexity index is 628. The van der Waals surface area contributed by atoms with Crippen molar-refractivity contribution in [1.29, 1.82) is 0 Å². The Morgan fingerprint density at radius 3 is 2.48 bits per heavy atom. The molecule has 0 aliphatic heterocycles. The minimum atomic E-state index is -0.503. The molecule has 0 atom stereocenters. The zero-order chi connectivity index (χ0) is 15.2. The summed E-state index contributed by atoms with van der Waals surface area (Å²) in [4.78, 5) is 15.6. The van der Waals surface area contributed by atoms with Crippen LogP contribution in [0.3, 0.4) is 0 Å². The van der Waals surface area contributed by atoms with Crippen LogP contribution in [0.2, 0.25) is 0 Å². The van der Waals surface area contributed by atoms with Crippen LogP contribution in [0, 0.1) is 0 Å². The molecule has 0 bridgehead atoms. The largest absolute Gasteiger partial charge is 0.497 e. The fraction of sp³-hybridized carbons (Fsp3) is 0.200. The monoisotopic (exact) mass is 351 g/mol. The number of benzene rings is 1. The second-order valence-corrected chi connectivity index (χ2v) is 4.97. The molecule has 6 heteroatoms. The number of nitrogens with zero attached hydrogens (tertiary/aromatic N) is 1. The van der Waals surface area contributed by atoms with Gasteiger partial charge in [0.2, 0.25) is 5.88 Å². The number of hydrogen-bond acceptors (Lipinski definition) is 5. The average molecular weight is 352 g/mol. The third-order valence-electron chi connectivity index (χ3n) is 2.74. The third kappa shape index (κ3) is 3.95. The number of carbonyl (C=O) groups is 1. The third-order valence-corrected chi connectivity index (χ3v) is 3.35. The zero-order valence-corrected chi connectivity index (χ0v) is 13.2. The fourth-order valence-corrected chi connectivity index (χ4v) is 1.95. The zero-order valence-electron chi connectivity index (χ0n) is 11.6. The van der Waals surface area contributed by atoms with E-state index in [9.17, 15) is 4.79 Å². The van der Waals surface area contributed by atoms with Crippen molar-refractivity contribution in [1.82, 2.24) is 4.98 Å². The van der Waals surface area contributed by atoms with E-state index >= 15 is 0 Å². The first-order valence-electron chi connectivity index (χ1n) is 6.14. The van der Waals surface area contributed by atoms with Gasteiger partial charge in [-0.3, -0.25) is 0 Å². The highest BCUT2D eigenvalue weighted by atomic mass is 79.9. The van der Waals surface area contributed by atoms with Crippen molar-refractivity contribution < 1.29 is 19.0 Å². The van der Waals surface area contributed by atoms with E-state index in [1.807, 2.05) is 24.3 Å². The SMILES string of the molecule is COC(=O)c1ccc(Br)c(OCc2ccc(OC)cc2)n1. The van der Waals surface area contributed by atoms with Gasteiger partial charge in [-0.15, -0.1) is 0 Å². The van der Waals surface area contributed by atoms with Crippen LogP contribution in [0.15, 0.2) is 40.9 Å². The molecule has 21 heavy (non-hydrogen) atoms. The second kappa shape index (κ2) is 7.08. The highest BCUT2D eigenvalue weighted by molar-refractivity contribution is 9.10. The lowest BCUT2D eigenvalue weighted by atomic mass is 10.2. The minimum Gasteiger partial charge on any atom is -0.497 e. The van der Waals surface area contributed by atoms with E-state index in [1.54, 1.807) is 19.2 Å². The van der Waals surface area contributed by atoms with E-state index in [-0.39, 0.29) is 5.69 Å². The number of pyridine rings is 1. The molecule has 0 saturated carbocycles. The molecule has 0 saturated heterocycles. The molecular formula is C15H14BrNO4. The van der Waals surface area contributed by atoms with Gasteiger partial charge >= 0.3 is 5.97 Å². The number of rotatable bonds is 5. The Hall–Kier alpha value is -2.08. The van der Waals surface area contributed by atoms with Crippen LogP contribution in [0.1, 0.15) is 16.1 Å².